The summed E-state index contributed by atoms with van der Waals surface area (Å²) in [5.74, 6) is 0.324. The van der Waals surface area contributed by atoms with E-state index in [1.54, 1.807) is 6.92 Å². The molecule has 0 aliphatic carbocycles. The van der Waals surface area contributed by atoms with E-state index in [0.717, 1.165) is 50.7 Å². The highest BCUT2D eigenvalue weighted by Crippen LogP contribution is 2.14. The van der Waals surface area contributed by atoms with E-state index >= 15 is 0 Å². The predicted molar refractivity (Wildman–Crippen MR) is 154 cm³/mol. The van der Waals surface area contributed by atoms with Gasteiger partial charge in [-0.2, -0.15) is 0 Å². The maximum Gasteiger partial charge on any atom is 0.306 e. The average Bonchev–Trinajstić information content (AvgIpc) is 2.88. The Balaban J connectivity index is 3.55. The van der Waals surface area contributed by atoms with E-state index in [4.69, 9.17) is 9.47 Å². The maximum atomic E-state index is 12.0. The van der Waals surface area contributed by atoms with Crippen molar-refractivity contribution in [3.8, 4) is 0 Å². The van der Waals surface area contributed by atoms with Crippen molar-refractivity contribution in [1.82, 2.24) is 0 Å². The fraction of sp³-hybridized carbons (Fsp3) is 0.900. The number of hydrogen-bond acceptors (Lipinski definition) is 7. The Morgan fingerprint density at radius 1 is 0.649 bits per heavy atom. The molecule has 0 amide bonds. The quantitative estimate of drug-likeness (QED) is 0.0829. The van der Waals surface area contributed by atoms with Crippen molar-refractivity contribution in [1.29, 1.82) is 0 Å². The predicted octanol–water partition coefficient (Wildman–Crippen LogP) is 7.93. The van der Waals surface area contributed by atoms with Crippen LogP contribution in [0.15, 0.2) is 0 Å². The molecule has 0 unspecified atom stereocenters. The summed E-state index contributed by atoms with van der Waals surface area (Å²) in [5, 5.41) is 9.66. The summed E-state index contributed by atoms with van der Waals surface area (Å²) in [6, 6.07) is 0. The highest BCUT2D eigenvalue weighted by Gasteiger charge is 2.16. The smallest absolute Gasteiger partial charge is 0.306 e. The topological polar surface area (TPSA) is 89.9 Å². The van der Waals surface area contributed by atoms with Gasteiger partial charge in [0.25, 0.3) is 0 Å². The highest BCUT2D eigenvalue weighted by molar-refractivity contribution is 8.13. The zero-order valence-corrected chi connectivity index (χ0v) is 24.8. The molecule has 0 aromatic heterocycles. The number of carbonyl (C=O) groups excluding carboxylic acids is 3. The van der Waals surface area contributed by atoms with Crippen LogP contribution in [0.1, 0.15) is 149 Å². The van der Waals surface area contributed by atoms with Crippen molar-refractivity contribution >= 4 is 28.8 Å². The van der Waals surface area contributed by atoms with Crippen LogP contribution in [0.25, 0.3) is 0 Å². The third-order valence-corrected chi connectivity index (χ3v) is 7.40. The van der Waals surface area contributed by atoms with Crippen molar-refractivity contribution in [2.75, 3.05) is 19.0 Å². The van der Waals surface area contributed by atoms with Gasteiger partial charge >= 0.3 is 11.9 Å². The van der Waals surface area contributed by atoms with Crippen LogP contribution in [0.3, 0.4) is 0 Å². The number of aliphatic hydroxyl groups excluding tert-OH is 1. The molecule has 0 saturated heterocycles. The van der Waals surface area contributed by atoms with Gasteiger partial charge in [-0.25, -0.2) is 0 Å². The molecule has 1 N–H and O–H groups in total. The number of thioether (sulfide) groups is 1. The monoisotopic (exact) mass is 544 g/mol. The van der Waals surface area contributed by atoms with Crippen molar-refractivity contribution in [3.63, 3.8) is 0 Å². The first-order valence-corrected chi connectivity index (χ1v) is 16.1. The largest absolute Gasteiger partial charge is 0.462 e. The first-order valence-electron chi connectivity index (χ1n) is 15.1. The lowest BCUT2D eigenvalue weighted by Gasteiger charge is -2.15. The molecule has 1 atom stereocenters. The summed E-state index contributed by atoms with van der Waals surface area (Å²) in [4.78, 5) is 34.8. The summed E-state index contributed by atoms with van der Waals surface area (Å²) in [6.45, 7) is 3.43. The van der Waals surface area contributed by atoms with E-state index < -0.39 is 6.10 Å². The second kappa shape index (κ2) is 27.9. The number of rotatable bonds is 27. The van der Waals surface area contributed by atoms with E-state index in [1.807, 2.05) is 0 Å². The molecule has 0 aromatic rings. The maximum absolute atomic E-state index is 12.0. The van der Waals surface area contributed by atoms with Crippen LogP contribution in [0.5, 0.6) is 0 Å². The van der Waals surface area contributed by atoms with Gasteiger partial charge in [0, 0.05) is 25.5 Å². The van der Waals surface area contributed by atoms with E-state index in [1.165, 1.54) is 88.8 Å². The fourth-order valence-corrected chi connectivity index (χ4v) is 4.84. The second-order valence-electron chi connectivity index (χ2n) is 10.2. The number of unbranched alkanes of at least 4 members (excludes halogenated alkanes) is 17. The lowest BCUT2D eigenvalue weighted by Crippen LogP contribution is -2.28. The third kappa shape index (κ3) is 27.8. The average molecular weight is 545 g/mol. The van der Waals surface area contributed by atoms with Crippen molar-refractivity contribution in [2.45, 2.75) is 155 Å². The van der Waals surface area contributed by atoms with Crippen molar-refractivity contribution in [3.05, 3.63) is 0 Å². The Bertz CT molecular complexity index is 554. The van der Waals surface area contributed by atoms with Gasteiger partial charge in [0.15, 0.2) is 11.2 Å². The summed E-state index contributed by atoms with van der Waals surface area (Å²) in [5.41, 5.74) is 0. The summed E-state index contributed by atoms with van der Waals surface area (Å²) >= 11 is 1.42. The minimum absolute atomic E-state index is 0.0771. The minimum atomic E-state index is -0.775. The molecular formula is C30H56O6S. The van der Waals surface area contributed by atoms with Crippen molar-refractivity contribution < 1.29 is 29.0 Å². The minimum Gasteiger partial charge on any atom is -0.462 e. The summed E-state index contributed by atoms with van der Waals surface area (Å²) < 4.78 is 10.5. The molecule has 7 heteroatoms. The van der Waals surface area contributed by atoms with Gasteiger partial charge in [-0.15, -0.1) is 0 Å². The number of hydrogen-bond donors (Lipinski definition) is 1. The van der Waals surface area contributed by atoms with Crippen LogP contribution >= 0.6 is 11.8 Å². The van der Waals surface area contributed by atoms with Crippen molar-refractivity contribution in [2.24, 2.45) is 0 Å². The van der Waals surface area contributed by atoms with E-state index in [-0.39, 0.29) is 30.3 Å². The molecule has 37 heavy (non-hydrogen) atoms. The lowest BCUT2D eigenvalue weighted by molar-refractivity contribution is -0.161. The molecule has 0 rings (SSSR count). The van der Waals surface area contributed by atoms with Crippen LogP contribution in [0, 0.1) is 0 Å². The Labute approximate surface area is 231 Å². The zero-order valence-electron chi connectivity index (χ0n) is 23.9. The van der Waals surface area contributed by atoms with Gasteiger partial charge in [-0.3, -0.25) is 14.4 Å². The van der Waals surface area contributed by atoms with Gasteiger partial charge < -0.3 is 14.6 Å². The second-order valence-corrected chi connectivity index (χ2v) is 11.5. The molecule has 218 valence electrons. The van der Waals surface area contributed by atoms with E-state index in [0.29, 0.717) is 12.8 Å². The van der Waals surface area contributed by atoms with Gasteiger partial charge in [-0.05, 0) is 19.3 Å². The van der Waals surface area contributed by atoms with Crippen LogP contribution in [-0.4, -0.2) is 47.2 Å². The standard InChI is InChI=1S/C30H56O6S/c1-3-4-5-6-7-10-14-17-20-23-30(34)36-28(25-31)26-35-29(33)22-19-16-13-11-8-9-12-15-18-21-24-37-27(2)32/h28,31H,3-26H2,1-2H3/t28-/m0/s1. The Kier molecular flexibility index (Phi) is 27.1. The first-order chi connectivity index (χ1) is 18.0. The Morgan fingerprint density at radius 2 is 1.08 bits per heavy atom. The molecule has 0 aliphatic heterocycles. The van der Waals surface area contributed by atoms with Crippen LogP contribution < -0.4 is 0 Å². The molecule has 0 fully saturated rings. The van der Waals surface area contributed by atoms with Crippen LogP contribution in [-0.2, 0) is 23.9 Å². The third-order valence-electron chi connectivity index (χ3n) is 6.50. The molecule has 0 aromatic carbocycles. The van der Waals surface area contributed by atoms with E-state index in [9.17, 15) is 19.5 Å². The van der Waals surface area contributed by atoms with Gasteiger partial charge in [0.2, 0.25) is 0 Å². The SMILES string of the molecule is CCCCCCCCCCCC(=O)O[C@@H](CO)COC(=O)CCCCCCCCCCCCSC(C)=O. The van der Waals surface area contributed by atoms with Crippen LogP contribution in [0.2, 0.25) is 0 Å². The molecule has 0 radical (unpaired) electrons. The van der Waals surface area contributed by atoms with Crippen LogP contribution in [0.4, 0.5) is 0 Å². The summed E-state index contributed by atoms with van der Waals surface area (Å²) in [6.07, 6.45) is 22.0. The Hall–Kier alpha value is -1.08. The molecule has 0 heterocycles. The number of esters is 2. The molecule has 0 bridgehead atoms. The molecule has 0 spiro atoms. The zero-order chi connectivity index (χ0) is 27.4. The van der Waals surface area contributed by atoms with Gasteiger partial charge in [-0.1, -0.05) is 121 Å². The lowest BCUT2D eigenvalue weighted by atomic mass is 10.1. The molecule has 6 nitrogen and oxygen atoms in total. The van der Waals surface area contributed by atoms with Gasteiger partial charge in [0.05, 0.1) is 6.61 Å². The Morgan fingerprint density at radius 3 is 1.54 bits per heavy atom. The molecule has 0 aliphatic rings. The fourth-order valence-electron chi connectivity index (χ4n) is 4.21. The first kappa shape index (κ1) is 35.9. The van der Waals surface area contributed by atoms with Gasteiger partial charge in [0.1, 0.15) is 6.61 Å². The van der Waals surface area contributed by atoms with E-state index in [2.05, 4.69) is 6.92 Å². The molecule has 0 saturated carbocycles. The highest BCUT2D eigenvalue weighted by atomic mass is 32.2. The number of carbonyl (C=O) groups is 3. The number of aliphatic hydroxyl groups is 1. The summed E-state index contributed by atoms with van der Waals surface area (Å²) in [7, 11) is 0. The number of ether oxygens (including phenoxy) is 2. The molecular weight excluding hydrogens is 488 g/mol. The normalized spacial score (nSPS) is 11.9.